The van der Waals surface area contributed by atoms with Crippen LogP contribution in [0.15, 0.2) is 180 Å². The molecule has 0 saturated heterocycles. The molecule has 0 radical (unpaired) electrons. The summed E-state index contributed by atoms with van der Waals surface area (Å²) < 4.78 is 9.25. The van der Waals surface area contributed by atoms with Crippen LogP contribution in [-0.2, 0) is 0 Å². The van der Waals surface area contributed by atoms with Gasteiger partial charge in [-0.15, -0.1) is 11.3 Å². The predicted octanol–water partition coefficient (Wildman–Crippen LogP) is 13.9. The van der Waals surface area contributed by atoms with Crippen LogP contribution in [0.4, 0.5) is 17.1 Å². The van der Waals surface area contributed by atoms with Gasteiger partial charge < -0.3 is 9.32 Å². The van der Waals surface area contributed by atoms with Crippen LogP contribution in [0, 0.1) is 0 Å². The summed E-state index contributed by atoms with van der Waals surface area (Å²) in [5, 5.41) is 7.06. The van der Waals surface area contributed by atoms with E-state index < -0.39 is 0 Å². The quantitative estimate of drug-likeness (QED) is 0.186. The Morgan fingerprint density at radius 2 is 1.08 bits per heavy atom. The van der Waals surface area contributed by atoms with Gasteiger partial charge in [0.05, 0.1) is 5.69 Å². The van der Waals surface area contributed by atoms with E-state index in [0.29, 0.717) is 0 Å². The lowest BCUT2D eigenvalue weighted by Gasteiger charge is -2.27. The van der Waals surface area contributed by atoms with E-state index in [1.165, 1.54) is 42.4 Å². The monoisotopic (exact) mass is 643 g/mol. The predicted molar refractivity (Wildman–Crippen MR) is 210 cm³/mol. The third-order valence-corrected chi connectivity index (χ3v) is 10.8. The molecule has 0 amide bonds. The molecule has 49 heavy (non-hydrogen) atoms. The third kappa shape index (κ3) is 4.62. The van der Waals surface area contributed by atoms with E-state index in [4.69, 9.17) is 4.42 Å². The fourth-order valence-corrected chi connectivity index (χ4v) is 8.40. The van der Waals surface area contributed by atoms with Crippen LogP contribution in [-0.4, -0.2) is 0 Å². The van der Waals surface area contributed by atoms with Crippen LogP contribution in [0.5, 0.6) is 0 Å². The lowest BCUT2D eigenvalue weighted by Crippen LogP contribution is -2.10. The molecule has 8 aromatic carbocycles. The van der Waals surface area contributed by atoms with Crippen molar-refractivity contribution in [3.05, 3.63) is 176 Å². The van der Waals surface area contributed by atoms with Crippen molar-refractivity contribution in [1.29, 1.82) is 0 Å². The first-order valence-electron chi connectivity index (χ1n) is 16.6. The Morgan fingerprint density at radius 1 is 0.408 bits per heavy atom. The van der Waals surface area contributed by atoms with E-state index in [2.05, 4.69) is 175 Å². The molecule has 0 aliphatic heterocycles. The zero-order valence-corrected chi connectivity index (χ0v) is 27.3. The van der Waals surface area contributed by atoms with E-state index in [0.717, 1.165) is 49.8 Å². The molecule has 0 spiro atoms. The second-order valence-corrected chi connectivity index (χ2v) is 13.6. The SMILES string of the molecule is c1ccc(-c2ccc(-c3cccc(N(c4ccc5sc6ccccc6c5c4)c4cccc5ccc6c7ccccc7oc6c45)c3)cc2)cc1. The Kier molecular flexibility index (Phi) is 6.39. The van der Waals surface area contributed by atoms with E-state index >= 15 is 0 Å². The molecule has 0 bridgehead atoms. The van der Waals surface area contributed by atoms with Crippen molar-refractivity contribution < 1.29 is 4.42 Å². The largest absolute Gasteiger partial charge is 0.455 e. The summed E-state index contributed by atoms with van der Waals surface area (Å²) in [6, 6.07) is 63.2. The number of anilines is 3. The van der Waals surface area contributed by atoms with E-state index in [1.54, 1.807) is 0 Å². The molecule has 230 valence electrons. The molecule has 0 aliphatic rings. The number of benzene rings is 8. The van der Waals surface area contributed by atoms with E-state index in [9.17, 15) is 0 Å². The Bertz CT molecular complexity index is 2830. The van der Waals surface area contributed by atoms with Crippen molar-refractivity contribution in [2.75, 3.05) is 4.90 Å². The summed E-state index contributed by atoms with van der Waals surface area (Å²) in [5.74, 6) is 0. The van der Waals surface area contributed by atoms with Gasteiger partial charge in [-0.05, 0) is 82.2 Å². The van der Waals surface area contributed by atoms with Crippen molar-refractivity contribution in [2.24, 2.45) is 0 Å². The Morgan fingerprint density at radius 3 is 1.96 bits per heavy atom. The number of nitrogens with zero attached hydrogens (tertiary/aromatic N) is 1. The molecule has 10 aromatic rings. The number of hydrogen-bond donors (Lipinski definition) is 0. The molecule has 0 atom stereocenters. The standard InChI is InChI=1S/C46H29NOS/c1-2-10-30(11-3-1)31-20-22-32(23-21-31)34-13-8-14-35(28-34)47(36-25-27-44-40(29-36)38-16-5-7-19-43(38)49-44)41-17-9-12-33-24-26-39-37-15-4-6-18-42(37)48-46(39)45(33)41/h1-29H. The smallest absolute Gasteiger partial charge is 0.145 e. The second-order valence-electron chi connectivity index (χ2n) is 12.5. The molecule has 0 fully saturated rings. The topological polar surface area (TPSA) is 16.4 Å². The molecule has 2 nitrogen and oxygen atoms in total. The van der Waals surface area contributed by atoms with Gasteiger partial charge in [-0.3, -0.25) is 0 Å². The summed E-state index contributed by atoms with van der Waals surface area (Å²) in [5.41, 5.74) is 9.86. The van der Waals surface area contributed by atoms with Crippen LogP contribution in [0.2, 0.25) is 0 Å². The molecular formula is C46H29NOS. The molecule has 2 aromatic heterocycles. The summed E-state index contributed by atoms with van der Waals surface area (Å²) in [6.07, 6.45) is 0. The van der Waals surface area contributed by atoms with E-state index in [-0.39, 0.29) is 0 Å². The number of hydrogen-bond acceptors (Lipinski definition) is 3. The van der Waals surface area contributed by atoms with Crippen molar-refractivity contribution in [3.63, 3.8) is 0 Å². The Labute approximate surface area is 287 Å². The average molecular weight is 644 g/mol. The van der Waals surface area contributed by atoms with E-state index in [1.807, 2.05) is 17.4 Å². The van der Waals surface area contributed by atoms with Gasteiger partial charge in [-0.1, -0.05) is 121 Å². The highest BCUT2D eigenvalue weighted by Gasteiger charge is 2.21. The highest BCUT2D eigenvalue weighted by atomic mass is 32.1. The second kappa shape index (κ2) is 11.2. The minimum Gasteiger partial charge on any atom is -0.455 e. The number of thiophene rings is 1. The molecule has 3 heteroatoms. The maximum atomic E-state index is 6.66. The van der Waals surface area contributed by atoms with Gasteiger partial charge >= 0.3 is 0 Å². The summed E-state index contributed by atoms with van der Waals surface area (Å²) in [4.78, 5) is 2.41. The highest BCUT2D eigenvalue weighted by molar-refractivity contribution is 7.25. The van der Waals surface area contributed by atoms with Crippen LogP contribution in [0.25, 0.3) is 75.1 Å². The van der Waals surface area contributed by atoms with Gasteiger partial charge in [0.2, 0.25) is 0 Å². The van der Waals surface area contributed by atoms with Crippen molar-refractivity contribution in [3.8, 4) is 22.3 Å². The summed E-state index contributed by atoms with van der Waals surface area (Å²) in [6.45, 7) is 0. The lowest BCUT2D eigenvalue weighted by atomic mass is 9.99. The molecular weight excluding hydrogens is 615 g/mol. The fraction of sp³-hybridized carbons (Fsp3) is 0. The van der Waals surface area contributed by atoms with Gasteiger partial charge in [-0.25, -0.2) is 0 Å². The molecule has 0 saturated carbocycles. The maximum Gasteiger partial charge on any atom is 0.145 e. The minimum atomic E-state index is 0.901. The maximum absolute atomic E-state index is 6.66. The summed E-state index contributed by atoms with van der Waals surface area (Å²) in [7, 11) is 0. The normalized spacial score (nSPS) is 11.7. The number of para-hydroxylation sites is 1. The lowest BCUT2D eigenvalue weighted by molar-refractivity contribution is 0.672. The Balaban J connectivity index is 1.20. The van der Waals surface area contributed by atoms with Crippen LogP contribution in [0.1, 0.15) is 0 Å². The first kappa shape index (κ1) is 27.9. The van der Waals surface area contributed by atoms with Gasteiger partial charge in [0, 0.05) is 47.7 Å². The molecule has 0 aliphatic carbocycles. The van der Waals surface area contributed by atoms with Crippen LogP contribution in [0.3, 0.4) is 0 Å². The molecule has 0 unspecified atom stereocenters. The zero-order valence-electron chi connectivity index (χ0n) is 26.5. The van der Waals surface area contributed by atoms with Crippen LogP contribution < -0.4 is 4.90 Å². The van der Waals surface area contributed by atoms with Gasteiger partial charge in [-0.2, -0.15) is 0 Å². The van der Waals surface area contributed by atoms with Gasteiger partial charge in [0.1, 0.15) is 11.2 Å². The van der Waals surface area contributed by atoms with Crippen molar-refractivity contribution in [2.45, 2.75) is 0 Å². The Hall–Kier alpha value is -6.16. The van der Waals surface area contributed by atoms with Crippen LogP contribution >= 0.6 is 11.3 Å². The number of fused-ring (bicyclic) bond motifs is 8. The minimum absolute atomic E-state index is 0.901. The first-order valence-corrected chi connectivity index (χ1v) is 17.4. The molecule has 2 heterocycles. The number of rotatable bonds is 5. The number of furan rings is 1. The fourth-order valence-electron chi connectivity index (χ4n) is 7.31. The zero-order chi connectivity index (χ0) is 32.3. The first-order chi connectivity index (χ1) is 24.3. The molecule has 0 N–H and O–H groups in total. The summed E-state index contributed by atoms with van der Waals surface area (Å²) >= 11 is 1.85. The van der Waals surface area contributed by atoms with Gasteiger partial charge in [0.25, 0.3) is 0 Å². The van der Waals surface area contributed by atoms with Crippen molar-refractivity contribution in [1.82, 2.24) is 0 Å². The molecule has 10 rings (SSSR count). The van der Waals surface area contributed by atoms with Gasteiger partial charge in [0.15, 0.2) is 0 Å². The average Bonchev–Trinajstić information content (AvgIpc) is 3.74. The highest BCUT2D eigenvalue weighted by Crippen LogP contribution is 2.46. The van der Waals surface area contributed by atoms with Crippen molar-refractivity contribution >= 4 is 81.3 Å². The third-order valence-electron chi connectivity index (χ3n) is 9.65.